The highest BCUT2D eigenvalue weighted by atomic mass is 32.2. The van der Waals surface area contributed by atoms with E-state index in [0.29, 0.717) is 11.4 Å². The first kappa shape index (κ1) is 23.3. The molecule has 1 unspecified atom stereocenters. The van der Waals surface area contributed by atoms with E-state index in [9.17, 15) is 18.0 Å². The SMILES string of the molecule is CC(=O)N1C=Cc2ccccc2C1CC(=O)Nc1ccc(NS(=O)(=O)c2ccc(C)cc2)cc1. The fourth-order valence-electron chi connectivity index (χ4n) is 3.85. The number of amides is 2. The number of carbonyl (C=O) groups is 2. The number of hydrogen-bond donors (Lipinski definition) is 2. The summed E-state index contributed by atoms with van der Waals surface area (Å²) in [6, 6.07) is 20.3. The quantitative estimate of drug-likeness (QED) is 0.540. The van der Waals surface area contributed by atoms with Gasteiger partial charge < -0.3 is 10.2 Å². The molecule has 8 heteroatoms. The Hall–Kier alpha value is -3.91. The van der Waals surface area contributed by atoms with Crippen molar-refractivity contribution in [2.75, 3.05) is 10.0 Å². The molecule has 0 fully saturated rings. The molecule has 1 atom stereocenters. The number of nitrogens with one attached hydrogen (secondary N) is 2. The highest BCUT2D eigenvalue weighted by Crippen LogP contribution is 2.33. The molecule has 1 aliphatic heterocycles. The maximum atomic E-state index is 12.8. The second-order valence-corrected chi connectivity index (χ2v) is 9.82. The molecular formula is C26H25N3O4S. The maximum Gasteiger partial charge on any atom is 0.261 e. The minimum atomic E-state index is -3.71. The lowest BCUT2D eigenvalue weighted by molar-refractivity contribution is -0.129. The number of aryl methyl sites for hydroxylation is 1. The lowest BCUT2D eigenvalue weighted by Gasteiger charge is -2.32. The largest absolute Gasteiger partial charge is 0.326 e. The van der Waals surface area contributed by atoms with Crippen LogP contribution >= 0.6 is 0 Å². The second-order valence-electron chi connectivity index (χ2n) is 8.13. The molecule has 174 valence electrons. The van der Waals surface area contributed by atoms with Crippen molar-refractivity contribution in [3.05, 3.63) is 95.7 Å². The number of hydrogen-bond acceptors (Lipinski definition) is 4. The van der Waals surface area contributed by atoms with Gasteiger partial charge >= 0.3 is 0 Å². The summed E-state index contributed by atoms with van der Waals surface area (Å²) in [5.74, 6) is -0.400. The summed E-state index contributed by atoms with van der Waals surface area (Å²) in [6.45, 7) is 3.36. The zero-order chi connectivity index (χ0) is 24.3. The summed E-state index contributed by atoms with van der Waals surface area (Å²) in [7, 11) is -3.71. The standard InChI is InChI=1S/C26H25N3O4S/c1-18-7-13-23(14-8-18)34(32,33)28-22-11-9-21(10-12-22)27-26(31)17-25-24-6-4-3-5-20(24)15-16-29(25)19(2)30/h3-16,25,28H,17H2,1-2H3,(H,27,31). The number of fused-ring (bicyclic) bond motifs is 1. The van der Waals surface area contributed by atoms with Crippen molar-refractivity contribution in [3.63, 3.8) is 0 Å². The number of sulfonamides is 1. The molecule has 4 rings (SSSR count). The number of rotatable bonds is 6. The van der Waals surface area contributed by atoms with E-state index in [1.54, 1.807) is 59.6 Å². The molecule has 7 nitrogen and oxygen atoms in total. The van der Waals surface area contributed by atoms with Crippen molar-refractivity contribution in [2.24, 2.45) is 0 Å². The number of benzene rings is 3. The van der Waals surface area contributed by atoms with Crippen molar-refractivity contribution in [1.82, 2.24) is 4.90 Å². The van der Waals surface area contributed by atoms with Gasteiger partial charge in [0.05, 0.1) is 17.4 Å². The summed E-state index contributed by atoms with van der Waals surface area (Å²) in [5.41, 5.74) is 3.77. The Balaban J connectivity index is 1.43. The lowest BCUT2D eigenvalue weighted by Crippen LogP contribution is -2.33. The molecule has 0 saturated carbocycles. The number of nitrogens with zero attached hydrogens (tertiary/aromatic N) is 1. The van der Waals surface area contributed by atoms with Gasteiger partial charge in [-0.25, -0.2) is 8.42 Å². The fraction of sp³-hybridized carbons (Fsp3) is 0.154. The Morgan fingerprint density at radius 1 is 0.912 bits per heavy atom. The molecule has 0 radical (unpaired) electrons. The van der Waals surface area contributed by atoms with Crippen molar-refractivity contribution < 1.29 is 18.0 Å². The van der Waals surface area contributed by atoms with Gasteiger partial charge in [0, 0.05) is 24.5 Å². The van der Waals surface area contributed by atoms with Crippen LogP contribution in [0.2, 0.25) is 0 Å². The number of carbonyl (C=O) groups excluding carboxylic acids is 2. The van der Waals surface area contributed by atoms with Gasteiger partial charge in [0.25, 0.3) is 10.0 Å². The van der Waals surface area contributed by atoms with E-state index in [1.807, 2.05) is 37.3 Å². The lowest BCUT2D eigenvalue weighted by atomic mass is 9.93. The van der Waals surface area contributed by atoms with Crippen LogP contribution in [0.15, 0.2) is 83.9 Å². The monoisotopic (exact) mass is 475 g/mol. The topological polar surface area (TPSA) is 95.6 Å². The first-order valence-corrected chi connectivity index (χ1v) is 12.3. The van der Waals surface area contributed by atoms with E-state index in [2.05, 4.69) is 10.0 Å². The van der Waals surface area contributed by atoms with Crippen LogP contribution in [0.4, 0.5) is 11.4 Å². The van der Waals surface area contributed by atoms with Crippen LogP contribution < -0.4 is 10.0 Å². The molecule has 3 aromatic rings. The van der Waals surface area contributed by atoms with Gasteiger partial charge in [0.1, 0.15) is 0 Å². The van der Waals surface area contributed by atoms with E-state index in [-0.39, 0.29) is 23.1 Å². The minimum absolute atomic E-state index is 0.0860. The van der Waals surface area contributed by atoms with Crippen LogP contribution in [0, 0.1) is 6.92 Å². The van der Waals surface area contributed by atoms with Gasteiger partial charge in [-0.1, -0.05) is 42.0 Å². The predicted molar refractivity (Wildman–Crippen MR) is 132 cm³/mol. The average Bonchev–Trinajstić information content (AvgIpc) is 2.80. The zero-order valence-electron chi connectivity index (χ0n) is 18.9. The van der Waals surface area contributed by atoms with Gasteiger partial charge in [0.15, 0.2) is 0 Å². The third kappa shape index (κ3) is 5.18. The first-order chi connectivity index (χ1) is 16.2. The molecule has 0 spiro atoms. The van der Waals surface area contributed by atoms with Crippen LogP contribution in [0.3, 0.4) is 0 Å². The molecule has 0 aliphatic carbocycles. The molecule has 1 heterocycles. The summed E-state index contributed by atoms with van der Waals surface area (Å²) in [5, 5.41) is 2.83. The molecular weight excluding hydrogens is 450 g/mol. The van der Waals surface area contributed by atoms with E-state index < -0.39 is 16.1 Å². The normalized spacial score (nSPS) is 14.9. The van der Waals surface area contributed by atoms with Crippen molar-refractivity contribution >= 4 is 39.3 Å². The summed E-state index contributed by atoms with van der Waals surface area (Å²) in [4.78, 5) is 26.7. The van der Waals surface area contributed by atoms with Crippen LogP contribution in [-0.2, 0) is 19.6 Å². The van der Waals surface area contributed by atoms with Crippen LogP contribution in [0.5, 0.6) is 0 Å². The van der Waals surface area contributed by atoms with Crippen LogP contribution in [0.1, 0.15) is 36.1 Å². The van der Waals surface area contributed by atoms with Crippen molar-refractivity contribution in [1.29, 1.82) is 0 Å². The molecule has 3 aromatic carbocycles. The summed E-state index contributed by atoms with van der Waals surface area (Å²) < 4.78 is 27.7. The fourth-order valence-corrected chi connectivity index (χ4v) is 4.91. The van der Waals surface area contributed by atoms with Crippen molar-refractivity contribution in [3.8, 4) is 0 Å². The third-order valence-corrected chi connectivity index (χ3v) is 7.00. The second kappa shape index (κ2) is 9.52. The predicted octanol–water partition coefficient (Wildman–Crippen LogP) is 4.70. The summed E-state index contributed by atoms with van der Waals surface area (Å²) >= 11 is 0. The van der Waals surface area contributed by atoms with E-state index in [1.165, 1.54) is 6.92 Å². The Labute approximate surface area is 199 Å². The highest BCUT2D eigenvalue weighted by Gasteiger charge is 2.28. The van der Waals surface area contributed by atoms with Gasteiger partial charge in [0.2, 0.25) is 11.8 Å². The first-order valence-electron chi connectivity index (χ1n) is 10.8. The molecule has 0 aromatic heterocycles. The number of anilines is 2. The molecule has 1 aliphatic rings. The summed E-state index contributed by atoms with van der Waals surface area (Å²) in [6.07, 6.45) is 3.65. The third-order valence-electron chi connectivity index (χ3n) is 5.60. The maximum absolute atomic E-state index is 12.8. The van der Waals surface area contributed by atoms with Crippen LogP contribution in [0.25, 0.3) is 6.08 Å². The van der Waals surface area contributed by atoms with Gasteiger partial charge in [-0.15, -0.1) is 0 Å². The molecule has 2 N–H and O–H groups in total. The molecule has 0 saturated heterocycles. The molecule has 0 bridgehead atoms. The van der Waals surface area contributed by atoms with E-state index >= 15 is 0 Å². The van der Waals surface area contributed by atoms with Crippen molar-refractivity contribution in [2.45, 2.75) is 31.2 Å². The van der Waals surface area contributed by atoms with Gasteiger partial charge in [-0.05, 0) is 60.5 Å². The highest BCUT2D eigenvalue weighted by molar-refractivity contribution is 7.92. The van der Waals surface area contributed by atoms with Gasteiger partial charge in [-0.3, -0.25) is 14.3 Å². The average molecular weight is 476 g/mol. The van der Waals surface area contributed by atoms with E-state index in [0.717, 1.165) is 16.7 Å². The minimum Gasteiger partial charge on any atom is -0.326 e. The Morgan fingerprint density at radius 2 is 1.56 bits per heavy atom. The molecule has 2 amide bonds. The van der Waals surface area contributed by atoms with Gasteiger partial charge in [-0.2, -0.15) is 0 Å². The smallest absolute Gasteiger partial charge is 0.261 e. The Kier molecular flexibility index (Phi) is 6.51. The Morgan fingerprint density at radius 3 is 2.24 bits per heavy atom. The Bertz CT molecular complexity index is 1350. The van der Waals surface area contributed by atoms with E-state index in [4.69, 9.17) is 0 Å². The van der Waals surface area contributed by atoms with Crippen LogP contribution in [-0.4, -0.2) is 25.1 Å². The molecule has 34 heavy (non-hydrogen) atoms. The zero-order valence-corrected chi connectivity index (χ0v) is 19.7.